The summed E-state index contributed by atoms with van der Waals surface area (Å²) in [5, 5.41) is 19.5. The van der Waals surface area contributed by atoms with Crippen molar-refractivity contribution in [3.05, 3.63) is 153 Å². The Morgan fingerprint density at radius 1 is 0.920 bits per heavy atom. The highest BCUT2D eigenvalue weighted by Crippen LogP contribution is 2.37. The minimum Gasteiger partial charge on any atom is -0.321 e. The third-order valence-electron chi connectivity index (χ3n) is 7.95. The number of hydrogen-bond donors (Lipinski definition) is 3. The Morgan fingerprint density at radius 2 is 1.66 bits per heavy atom. The minimum absolute atomic E-state index is 0.0134. The summed E-state index contributed by atoms with van der Waals surface area (Å²) in [7, 11) is 0. The van der Waals surface area contributed by atoms with Gasteiger partial charge in [-0.2, -0.15) is 5.26 Å². The molecule has 1 aliphatic rings. The average Bonchev–Trinajstić information content (AvgIpc) is 3.48. The van der Waals surface area contributed by atoms with E-state index in [-0.39, 0.29) is 17.4 Å². The highest BCUT2D eigenvalue weighted by molar-refractivity contribution is 8.00. The standard InChI is InChI=1S/C39H32ClN5O3S2/c40-33-17-8-7-14-28(33)20-34(43-37(47)27-12-5-2-6-13-27)38(48)42-29-15-9-16-30(21-29)49-25-36(46)44-39-32(22-41)31-18-19-45(24-35(31)50-39)23-26-10-3-1-4-11-26/h1-17,20-21H,18-19,23-25H2,(H,42,48)(H,43,47)(H,44,46)/b34-20+. The lowest BCUT2D eigenvalue weighted by Crippen LogP contribution is -2.30. The van der Waals surface area contributed by atoms with Gasteiger partial charge in [-0.3, -0.25) is 19.3 Å². The predicted octanol–water partition coefficient (Wildman–Crippen LogP) is 7.97. The number of amides is 3. The number of anilines is 2. The number of hydrogen-bond acceptors (Lipinski definition) is 7. The van der Waals surface area contributed by atoms with Crippen LogP contribution in [-0.4, -0.2) is 34.9 Å². The number of nitrogens with one attached hydrogen (secondary N) is 3. The van der Waals surface area contributed by atoms with Gasteiger partial charge < -0.3 is 16.0 Å². The molecule has 11 heteroatoms. The third kappa shape index (κ3) is 8.88. The number of carbonyl (C=O) groups excluding carboxylic acids is 3. The number of nitrogens with zero attached hydrogens (tertiary/aromatic N) is 2. The van der Waals surface area contributed by atoms with Gasteiger partial charge in [0.15, 0.2) is 0 Å². The Hall–Kier alpha value is -5.18. The van der Waals surface area contributed by atoms with Crippen LogP contribution < -0.4 is 16.0 Å². The average molecular weight is 718 g/mol. The maximum Gasteiger partial charge on any atom is 0.272 e. The summed E-state index contributed by atoms with van der Waals surface area (Å²) in [4.78, 5) is 43.8. The van der Waals surface area contributed by atoms with Gasteiger partial charge in [-0.05, 0) is 65.6 Å². The molecule has 0 saturated carbocycles. The first-order chi connectivity index (χ1) is 24.4. The first-order valence-electron chi connectivity index (χ1n) is 15.8. The van der Waals surface area contributed by atoms with Crippen LogP contribution in [-0.2, 0) is 29.1 Å². The highest BCUT2D eigenvalue weighted by Gasteiger charge is 2.25. The number of carbonyl (C=O) groups is 3. The van der Waals surface area contributed by atoms with E-state index in [2.05, 4.69) is 39.1 Å². The molecular formula is C39H32ClN5O3S2. The Bertz CT molecular complexity index is 2090. The lowest BCUT2D eigenvalue weighted by atomic mass is 10.0. The molecule has 1 aliphatic heterocycles. The summed E-state index contributed by atoms with van der Waals surface area (Å²) in [6, 6.07) is 35.3. The van der Waals surface area contributed by atoms with Crippen LogP contribution in [0.5, 0.6) is 0 Å². The van der Waals surface area contributed by atoms with Crippen LogP contribution in [0.25, 0.3) is 6.08 Å². The molecule has 0 aliphatic carbocycles. The molecule has 0 fully saturated rings. The number of halogens is 1. The second-order valence-corrected chi connectivity index (χ2v) is 14.0. The molecule has 3 amide bonds. The van der Waals surface area contributed by atoms with E-state index in [1.807, 2.05) is 24.3 Å². The lowest BCUT2D eigenvalue weighted by molar-refractivity contribution is -0.114. The topological polar surface area (TPSA) is 114 Å². The molecule has 6 rings (SSSR count). The zero-order chi connectivity index (χ0) is 34.9. The van der Waals surface area contributed by atoms with Crippen LogP contribution in [0, 0.1) is 11.3 Å². The number of fused-ring (bicyclic) bond motifs is 1. The van der Waals surface area contributed by atoms with Gasteiger partial charge in [0.25, 0.3) is 11.8 Å². The van der Waals surface area contributed by atoms with Gasteiger partial charge in [0.1, 0.15) is 16.8 Å². The van der Waals surface area contributed by atoms with Gasteiger partial charge >= 0.3 is 0 Å². The fourth-order valence-electron chi connectivity index (χ4n) is 5.50. The SMILES string of the molecule is N#Cc1c(NC(=O)CSc2cccc(NC(=O)/C(=C\c3ccccc3Cl)NC(=O)c3ccccc3)c2)sc2c1CCN(Cc1ccccc1)C2. The van der Waals surface area contributed by atoms with Gasteiger partial charge in [0, 0.05) is 45.7 Å². The molecule has 0 bridgehead atoms. The maximum absolute atomic E-state index is 13.5. The summed E-state index contributed by atoms with van der Waals surface area (Å²) in [5.41, 5.74) is 4.28. The molecule has 4 aromatic carbocycles. The monoisotopic (exact) mass is 717 g/mol. The van der Waals surface area contributed by atoms with E-state index in [0.29, 0.717) is 32.4 Å². The van der Waals surface area contributed by atoms with Crippen LogP contribution >= 0.6 is 34.7 Å². The number of thioether (sulfide) groups is 1. The Morgan fingerprint density at radius 3 is 2.42 bits per heavy atom. The van der Waals surface area contributed by atoms with Crippen molar-refractivity contribution in [2.75, 3.05) is 22.9 Å². The van der Waals surface area contributed by atoms with E-state index < -0.39 is 11.8 Å². The van der Waals surface area contributed by atoms with Crippen molar-refractivity contribution < 1.29 is 14.4 Å². The van der Waals surface area contributed by atoms with E-state index >= 15 is 0 Å². The first-order valence-corrected chi connectivity index (χ1v) is 18.0. The van der Waals surface area contributed by atoms with E-state index in [1.165, 1.54) is 34.7 Å². The minimum atomic E-state index is -0.540. The van der Waals surface area contributed by atoms with Crippen LogP contribution in [0.1, 0.15) is 37.5 Å². The molecule has 50 heavy (non-hydrogen) atoms. The summed E-state index contributed by atoms with van der Waals surface area (Å²) in [5.74, 6) is -1.10. The number of rotatable bonds is 11. The molecule has 3 N–H and O–H groups in total. The number of nitriles is 1. The maximum atomic E-state index is 13.5. The third-order valence-corrected chi connectivity index (χ3v) is 10.4. The normalized spacial score (nSPS) is 12.8. The van der Waals surface area contributed by atoms with Crippen LogP contribution in [0.3, 0.4) is 0 Å². The van der Waals surface area contributed by atoms with Gasteiger partial charge in [0.05, 0.1) is 11.3 Å². The molecule has 0 spiro atoms. The molecule has 2 heterocycles. The first kappa shape index (κ1) is 34.7. The largest absolute Gasteiger partial charge is 0.321 e. The van der Waals surface area contributed by atoms with Crippen molar-refractivity contribution >= 4 is 69.2 Å². The predicted molar refractivity (Wildman–Crippen MR) is 201 cm³/mol. The lowest BCUT2D eigenvalue weighted by Gasteiger charge is -2.26. The molecule has 250 valence electrons. The quantitative estimate of drug-likeness (QED) is 0.0944. The van der Waals surface area contributed by atoms with Crippen LogP contribution in [0.15, 0.2) is 120 Å². The smallest absolute Gasteiger partial charge is 0.272 e. The van der Waals surface area contributed by atoms with E-state index in [0.717, 1.165) is 41.4 Å². The second kappa shape index (κ2) is 16.5. The van der Waals surface area contributed by atoms with Gasteiger partial charge in [-0.1, -0.05) is 84.4 Å². The summed E-state index contributed by atoms with van der Waals surface area (Å²) < 4.78 is 0. The van der Waals surface area contributed by atoms with Crippen molar-refractivity contribution in [1.82, 2.24) is 10.2 Å². The fourth-order valence-corrected chi connectivity index (χ4v) is 7.70. The zero-order valence-corrected chi connectivity index (χ0v) is 29.2. The van der Waals surface area contributed by atoms with Crippen LogP contribution in [0.4, 0.5) is 10.7 Å². The van der Waals surface area contributed by atoms with Crippen molar-refractivity contribution in [2.45, 2.75) is 24.4 Å². The van der Waals surface area contributed by atoms with Gasteiger partial charge in [-0.15, -0.1) is 23.1 Å². The van der Waals surface area contributed by atoms with Crippen molar-refractivity contribution in [1.29, 1.82) is 5.26 Å². The molecular weight excluding hydrogens is 686 g/mol. The molecule has 8 nitrogen and oxygen atoms in total. The summed E-state index contributed by atoms with van der Waals surface area (Å²) in [6.07, 6.45) is 2.29. The van der Waals surface area contributed by atoms with E-state index in [4.69, 9.17) is 11.6 Å². The zero-order valence-electron chi connectivity index (χ0n) is 26.8. The van der Waals surface area contributed by atoms with Crippen molar-refractivity contribution in [3.8, 4) is 6.07 Å². The molecule has 0 radical (unpaired) electrons. The molecule has 0 unspecified atom stereocenters. The molecule has 5 aromatic rings. The molecule has 0 atom stereocenters. The highest BCUT2D eigenvalue weighted by atomic mass is 35.5. The Balaban J connectivity index is 1.09. The van der Waals surface area contributed by atoms with E-state index in [1.54, 1.807) is 72.8 Å². The summed E-state index contributed by atoms with van der Waals surface area (Å²) in [6.45, 7) is 2.41. The Kier molecular flexibility index (Phi) is 11.4. The second-order valence-electron chi connectivity index (χ2n) is 11.5. The van der Waals surface area contributed by atoms with Gasteiger partial charge in [-0.25, -0.2) is 0 Å². The van der Waals surface area contributed by atoms with Crippen molar-refractivity contribution in [3.63, 3.8) is 0 Å². The molecule has 0 saturated heterocycles. The molecule has 1 aromatic heterocycles. The van der Waals surface area contributed by atoms with Gasteiger partial charge in [0.2, 0.25) is 5.91 Å². The van der Waals surface area contributed by atoms with Crippen molar-refractivity contribution in [2.24, 2.45) is 0 Å². The Labute approximate surface area is 303 Å². The fraction of sp³-hybridized carbons (Fsp3) is 0.128. The number of thiophene rings is 1. The van der Waals surface area contributed by atoms with E-state index in [9.17, 15) is 19.6 Å². The summed E-state index contributed by atoms with van der Waals surface area (Å²) >= 11 is 9.13. The van der Waals surface area contributed by atoms with Crippen LogP contribution in [0.2, 0.25) is 5.02 Å². The number of benzene rings is 4.